The van der Waals surface area contributed by atoms with Gasteiger partial charge in [-0.15, -0.1) is 0 Å². The summed E-state index contributed by atoms with van der Waals surface area (Å²) in [5, 5.41) is 6.56. The minimum atomic E-state index is -0.274. The van der Waals surface area contributed by atoms with Crippen LogP contribution in [0.25, 0.3) is 0 Å². The Balaban J connectivity index is 1.37. The second-order valence-corrected chi connectivity index (χ2v) is 7.06. The third kappa shape index (κ3) is 4.40. The van der Waals surface area contributed by atoms with Gasteiger partial charge in [0.25, 0.3) is 5.91 Å². The van der Waals surface area contributed by atoms with Crippen molar-refractivity contribution in [2.75, 3.05) is 28.6 Å². The summed E-state index contributed by atoms with van der Waals surface area (Å²) in [4.78, 5) is 23.1. The molecule has 0 spiro atoms. The summed E-state index contributed by atoms with van der Waals surface area (Å²) in [6.07, 6.45) is 5.51. The molecule has 0 aliphatic carbocycles. The van der Waals surface area contributed by atoms with Crippen LogP contribution in [0, 0.1) is 0 Å². The minimum absolute atomic E-state index is 0.274. The van der Waals surface area contributed by atoms with E-state index in [1.165, 1.54) is 30.9 Å². The number of amides is 1. The number of nitrogens with one attached hydrogen (secondary N) is 2. The van der Waals surface area contributed by atoms with Crippen molar-refractivity contribution in [1.29, 1.82) is 0 Å². The molecule has 2 aromatic carbocycles. The van der Waals surface area contributed by atoms with Crippen molar-refractivity contribution in [1.82, 2.24) is 9.97 Å². The Bertz CT molecular complexity index is 936. The molecule has 1 fully saturated rings. The van der Waals surface area contributed by atoms with E-state index < -0.39 is 0 Å². The maximum Gasteiger partial charge on any atom is 0.258 e. The third-order valence-electron chi connectivity index (χ3n) is 4.61. The van der Waals surface area contributed by atoms with Crippen LogP contribution in [-0.4, -0.2) is 29.0 Å². The molecular formula is C21H20ClN5O. The quantitative estimate of drug-likeness (QED) is 0.656. The van der Waals surface area contributed by atoms with Crippen LogP contribution in [0.1, 0.15) is 23.2 Å². The fraction of sp³-hybridized carbons (Fsp3) is 0.190. The molecule has 1 aromatic heterocycles. The van der Waals surface area contributed by atoms with Gasteiger partial charge in [-0.2, -0.15) is 0 Å². The van der Waals surface area contributed by atoms with E-state index in [0.29, 0.717) is 22.2 Å². The van der Waals surface area contributed by atoms with Crippen molar-refractivity contribution in [3.05, 3.63) is 71.5 Å². The molecule has 3 aromatic rings. The highest BCUT2D eigenvalue weighted by Gasteiger charge is 2.12. The Morgan fingerprint density at radius 1 is 0.893 bits per heavy atom. The van der Waals surface area contributed by atoms with Crippen LogP contribution < -0.4 is 15.5 Å². The highest BCUT2D eigenvalue weighted by atomic mass is 35.5. The fourth-order valence-corrected chi connectivity index (χ4v) is 3.23. The monoisotopic (exact) mass is 393 g/mol. The Morgan fingerprint density at radius 3 is 2.14 bits per heavy atom. The van der Waals surface area contributed by atoms with Gasteiger partial charge in [-0.05, 0) is 61.4 Å². The summed E-state index contributed by atoms with van der Waals surface area (Å²) in [6, 6.07) is 15.1. The van der Waals surface area contributed by atoms with E-state index >= 15 is 0 Å². The average molecular weight is 394 g/mol. The number of rotatable bonds is 5. The zero-order valence-corrected chi connectivity index (χ0v) is 16.0. The van der Waals surface area contributed by atoms with Crippen LogP contribution in [0.4, 0.5) is 23.0 Å². The number of carbonyl (C=O) groups is 1. The maximum absolute atomic E-state index is 12.3. The highest BCUT2D eigenvalue weighted by Crippen LogP contribution is 2.23. The van der Waals surface area contributed by atoms with Crippen molar-refractivity contribution in [3.8, 4) is 0 Å². The molecular weight excluding hydrogens is 374 g/mol. The number of carbonyl (C=O) groups excluding carboxylic acids is 1. The molecule has 142 valence electrons. The van der Waals surface area contributed by atoms with Gasteiger partial charge in [0.05, 0.1) is 5.56 Å². The Morgan fingerprint density at radius 2 is 1.50 bits per heavy atom. The van der Waals surface area contributed by atoms with Crippen LogP contribution in [0.3, 0.4) is 0 Å². The van der Waals surface area contributed by atoms with Crippen molar-refractivity contribution >= 4 is 40.5 Å². The first-order valence-electron chi connectivity index (χ1n) is 9.18. The van der Waals surface area contributed by atoms with E-state index in [2.05, 4.69) is 37.6 Å². The second kappa shape index (κ2) is 8.27. The summed E-state index contributed by atoms with van der Waals surface area (Å²) < 4.78 is 0. The molecule has 1 aliphatic heterocycles. The lowest BCUT2D eigenvalue weighted by molar-refractivity contribution is 0.102. The summed E-state index contributed by atoms with van der Waals surface area (Å²) in [7, 11) is 0. The summed E-state index contributed by atoms with van der Waals surface area (Å²) in [5.41, 5.74) is 3.18. The van der Waals surface area contributed by atoms with Crippen LogP contribution in [0.2, 0.25) is 5.02 Å². The standard InChI is InChI=1S/C21H20ClN5O/c22-16-3-5-17(6-4-16)25-20(28)15-13-23-21(24-14-15)26-18-7-9-19(10-8-18)27-11-1-2-12-27/h3-10,13-14H,1-2,11-12H2,(H,25,28)(H,23,24,26). The molecule has 28 heavy (non-hydrogen) atoms. The van der Waals surface area contributed by atoms with E-state index in [1.54, 1.807) is 24.3 Å². The number of halogens is 1. The van der Waals surface area contributed by atoms with Gasteiger partial charge in [0.1, 0.15) is 0 Å². The zero-order chi connectivity index (χ0) is 19.3. The lowest BCUT2D eigenvalue weighted by Gasteiger charge is -2.17. The van der Waals surface area contributed by atoms with Crippen molar-refractivity contribution in [2.24, 2.45) is 0 Å². The molecule has 0 atom stereocenters. The van der Waals surface area contributed by atoms with Gasteiger partial charge in [0, 0.05) is 47.6 Å². The molecule has 1 amide bonds. The van der Waals surface area contributed by atoms with E-state index in [1.807, 2.05) is 12.1 Å². The molecule has 0 saturated carbocycles. The molecule has 1 aliphatic rings. The molecule has 1 saturated heterocycles. The minimum Gasteiger partial charge on any atom is -0.372 e. The van der Waals surface area contributed by atoms with Gasteiger partial charge in [0.15, 0.2) is 0 Å². The van der Waals surface area contributed by atoms with Gasteiger partial charge in [-0.3, -0.25) is 4.79 Å². The molecule has 2 N–H and O–H groups in total. The number of hydrogen-bond donors (Lipinski definition) is 2. The van der Waals surface area contributed by atoms with Crippen LogP contribution in [0.15, 0.2) is 60.9 Å². The highest BCUT2D eigenvalue weighted by molar-refractivity contribution is 6.30. The average Bonchev–Trinajstić information content (AvgIpc) is 3.26. The molecule has 6 nitrogen and oxygen atoms in total. The Hall–Kier alpha value is -3.12. The molecule has 0 unspecified atom stereocenters. The third-order valence-corrected chi connectivity index (χ3v) is 4.86. The van der Waals surface area contributed by atoms with E-state index in [4.69, 9.17) is 11.6 Å². The van der Waals surface area contributed by atoms with Crippen LogP contribution >= 0.6 is 11.6 Å². The summed E-state index contributed by atoms with van der Waals surface area (Å²) in [6.45, 7) is 2.24. The normalized spacial score (nSPS) is 13.4. The lowest BCUT2D eigenvalue weighted by Crippen LogP contribution is -2.17. The maximum atomic E-state index is 12.3. The van der Waals surface area contributed by atoms with Gasteiger partial charge in [0.2, 0.25) is 5.95 Å². The van der Waals surface area contributed by atoms with E-state index in [-0.39, 0.29) is 5.91 Å². The molecule has 0 bridgehead atoms. The lowest BCUT2D eigenvalue weighted by atomic mass is 10.2. The SMILES string of the molecule is O=C(Nc1ccc(Cl)cc1)c1cnc(Nc2ccc(N3CCCC3)cc2)nc1. The van der Waals surface area contributed by atoms with Gasteiger partial charge in [-0.25, -0.2) is 9.97 Å². The van der Waals surface area contributed by atoms with Gasteiger partial charge < -0.3 is 15.5 Å². The topological polar surface area (TPSA) is 70.2 Å². The largest absolute Gasteiger partial charge is 0.372 e. The predicted octanol–water partition coefficient (Wildman–Crippen LogP) is 4.73. The molecule has 2 heterocycles. The number of anilines is 4. The van der Waals surface area contributed by atoms with Crippen molar-refractivity contribution in [3.63, 3.8) is 0 Å². The number of aromatic nitrogens is 2. The fourth-order valence-electron chi connectivity index (χ4n) is 3.11. The first-order chi connectivity index (χ1) is 13.7. The molecule has 4 rings (SSSR count). The molecule has 0 radical (unpaired) electrons. The summed E-state index contributed by atoms with van der Waals surface area (Å²) >= 11 is 5.85. The predicted molar refractivity (Wildman–Crippen MR) is 113 cm³/mol. The second-order valence-electron chi connectivity index (χ2n) is 6.62. The van der Waals surface area contributed by atoms with Crippen LogP contribution in [0.5, 0.6) is 0 Å². The van der Waals surface area contributed by atoms with Crippen molar-refractivity contribution in [2.45, 2.75) is 12.8 Å². The van der Waals surface area contributed by atoms with Crippen LogP contribution in [-0.2, 0) is 0 Å². The Kier molecular flexibility index (Phi) is 5.39. The summed E-state index contributed by atoms with van der Waals surface area (Å²) in [5.74, 6) is 0.167. The smallest absolute Gasteiger partial charge is 0.258 e. The number of nitrogens with zero attached hydrogens (tertiary/aromatic N) is 3. The zero-order valence-electron chi connectivity index (χ0n) is 15.2. The van der Waals surface area contributed by atoms with Gasteiger partial charge >= 0.3 is 0 Å². The van der Waals surface area contributed by atoms with E-state index in [9.17, 15) is 4.79 Å². The number of benzene rings is 2. The molecule has 7 heteroatoms. The van der Waals surface area contributed by atoms with Gasteiger partial charge in [-0.1, -0.05) is 11.6 Å². The Labute approximate surface area is 168 Å². The number of hydrogen-bond acceptors (Lipinski definition) is 5. The van der Waals surface area contributed by atoms with Crippen molar-refractivity contribution < 1.29 is 4.79 Å². The first-order valence-corrected chi connectivity index (χ1v) is 9.56. The van der Waals surface area contributed by atoms with E-state index in [0.717, 1.165) is 18.8 Å². The first kappa shape index (κ1) is 18.3.